The van der Waals surface area contributed by atoms with Gasteiger partial charge in [0.25, 0.3) is 0 Å². The van der Waals surface area contributed by atoms with E-state index in [-0.39, 0.29) is 59.5 Å². The number of allylic oxidation sites excluding steroid dienone is 2. The number of likely N-dealkylation sites (N-methyl/N-ethyl adjacent to an activating group) is 1. The van der Waals surface area contributed by atoms with Crippen molar-refractivity contribution >= 4 is 41.8 Å². The van der Waals surface area contributed by atoms with Gasteiger partial charge in [0.2, 0.25) is 11.8 Å². The third-order valence-corrected chi connectivity index (χ3v) is 7.23. The number of carbonyl (C=O) groups excluding carboxylic acids is 2. The molecular weight excluding hydrogens is 529 g/mol. The zero-order chi connectivity index (χ0) is 22.7. The molecule has 5 atom stereocenters. The van der Waals surface area contributed by atoms with Gasteiger partial charge in [-0.15, -0.1) is 24.0 Å². The van der Waals surface area contributed by atoms with E-state index in [4.69, 9.17) is 0 Å². The van der Waals surface area contributed by atoms with Crippen molar-refractivity contribution in [2.75, 3.05) is 33.7 Å². The highest BCUT2D eigenvalue weighted by atomic mass is 127. The molecule has 2 bridgehead atoms. The van der Waals surface area contributed by atoms with E-state index in [0.717, 1.165) is 25.5 Å². The van der Waals surface area contributed by atoms with Crippen LogP contribution in [-0.2, 0) is 16.1 Å². The number of imide groups is 1. The first-order valence-electron chi connectivity index (χ1n) is 11.7. The third kappa shape index (κ3) is 5.59. The fourth-order valence-corrected chi connectivity index (χ4v) is 5.28. The van der Waals surface area contributed by atoms with Gasteiger partial charge in [0.05, 0.1) is 11.8 Å². The molecule has 1 heterocycles. The summed E-state index contributed by atoms with van der Waals surface area (Å²) in [6.07, 6.45) is 5.96. The number of halogens is 1. The lowest BCUT2D eigenvalue weighted by Crippen LogP contribution is -2.45. The molecule has 2 amide bonds. The topological polar surface area (TPSA) is 77.0 Å². The monoisotopic (exact) mass is 565 g/mol. The van der Waals surface area contributed by atoms with Crippen LogP contribution < -0.4 is 10.6 Å². The minimum absolute atomic E-state index is 0. The Hall–Kier alpha value is -1.94. The second kappa shape index (κ2) is 11.5. The molecule has 1 saturated heterocycles. The maximum Gasteiger partial charge on any atom is 0.233 e. The number of guanidine groups is 1. The summed E-state index contributed by atoms with van der Waals surface area (Å²) in [4.78, 5) is 33.6. The molecule has 180 valence electrons. The Kier molecular flexibility index (Phi) is 8.92. The van der Waals surface area contributed by atoms with Crippen LogP contribution in [0.1, 0.15) is 25.3 Å². The fraction of sp³-hybridized carbons (Fsp3) is 0.560. The lowest BCUT2D eigenvalue weighted by atomic mass is 9.85. The molecule has 4 rings (SSSR count). The predicted molar refractivity (Wildman–Crippen MR) is 141 cm³/mol. The second-order valence-electron chi connectivity index (χ2n) is 9.31. The Morgan fingerprint density at radius 3 is 2.36 bits per heavy atom. The second-order valence-corrected chi connectivity index (χ2v) is 9.31. The summed E-state index contributed by atoms with van der Waals surface area (Å²) in [6, 6.07) is 10.8. The largest absolute Gasteiger partial charge is 0.356 e. The summed E-state index contributed by atoms with van der Waals surface area (Å²) in [7, 11) is 3.88. The maximum atomic E-state index is 12.8. The van der Waals surface area contributed by atoms with E-state index in [1.807, 2.05) is 6.07 Å². The normalized spacial score (nSPS) is 26.5. The Morgan fingerprint density at radius 1 is 1.12 bits per heavy atom. The fourth-order valence-electron chi connectivity index (χ4n) is 5.28. The Morgan fingerprint density at radius 2 is 1.76 bits per heavy atom. The first kappa shape index (κ1) is 25.7. The first-order chi connectivity index (χ1) is 15.5. The maximum absolute atomic E-state index is 12.8. The van der Waals surface area contributed by atoms with E-state index in [0.29, 0.717) is 25.6 Å². The van der Waals surface area contributed by atoms with Gasteiger partial charge in [-0.25, -0.2) is 0 Å². The summed E-state index contributed by atoms with van der Waals surface area (Å²) in [5, 5.41) is 6.68. The molecule has 0 aromatic heterocycles. The summed E-state index contributed by atoms with van der Waals surface area (Å²) < 4.78 is 0. The Balaban J connectivity index is 0.00000306. The zero-order valence-corrected chi connectivity index (χ0v) is 22.1. The lowest BCUT2D eigenvalue weighted by Gasteiger charge is -2.26. The SMILES string of the molecule is CN=C(NCCCN1C(=O)C2C3C=CC(C3)C2C1=O)NCC(C)N(C)Cc1ccccc1.I. The summed E-state index contributed by atoms with van der Waals surface area (Å²) >= 11 is 0. The van der Waals surface area contributed by atoms with Crippen molar-refractivity contribution in [2.24, 2.45) is 28.7 Å². The quantitative estimate of drug-likeness (QED) is 0.120. The van der Waals surface area contributed by atoms with Gasteiger partial charge >= 0.3 is 0 Å². The molecule has 3 aliphatic rings. The molecule has 1 saturated carbocycles. The molecule has 8 heteroatoms. The summed E-state index contributed by atoms with van der Waals surface area (Å²) in [6.45, 7) is 4.99. The smallest absolute Gasteiger partial charge is 0.233 e. The third-order valence-electron chi connectivity index (χ3n) is 7.23. The number of hydrogen-bond acceptors (Lipinski definition) is 4. The molecule has 7 nitrogen and oxygen atoms in total. The van der Waals surface area contributed by atoms with E-state index < -0.39 is 0 Å². The van der Waals surface area contributed by atoms with Gasteiger partial charge in [0.15, 0.2) is 5.96 Å². The van der Waals surface area contributed by atoms with Gasteiger partial charge in [0, 0.05) is 39.3 Å². The number of fused-ring (bicyclic) bond motifs is 5. The van der Waals surface area contributed by atoms with Crippen molar-refractivity contribution in [1.29, 1.82) is 0 Å². The molecular formula is C25H36IN5O2. The molecule has 5 unspecified atom stereocenters. The number of carbonyl (C=O) groups is 2. The molecule has 1 aliphatic heterocycles. The summed E-state index contributed by atoms with van der Waals surface area (Å²) in [5.41, 5.74) is 1.29. The lowest BCUT2D eigenvalue weighted by molar-refractivity contribution is -0.140. The minimum atomic E-state index is -0.103. The van der Waals surface area contributed by atoms with Crippen LogP contribution in [0.25, 0.3) is 0 Å². The molecule has 2 N–H and O–H groups in total. The van der Waals surface area contributed by atoms with Crippen LogP contribution >= 0.6 is 24.0 Å². The zero-order valence-electron chi connectivity index (χ0n) is 19.7. The van der Waals surface area contributed by atoms with Crippen LogP contribution in [0, 0.1) is 23.7 Å². The molecule has 1 aromatic rings. The van der Waals surface area contributed by atoms with Crippen LogP contribution in [0.15, 0.2) is 47.5 Å². The number of hydrogen-bond donors (Lipinski definition) is 2. The van der Waals surface area contributed by atoms with Crippen LogP contribution in [0.3, 0.4) is 0 Å². The van der Waals surface area contributed by atoms with Crippen LogP contribution in [0.5, 0.6) is 0 Å². The number of aliphatic imine (C=N–C) groups is 1. The Bertz CT molecular complexity index is 860. The molecule has 1 aromatic carbocycles. The van der Waals surface area contributed by atoms with E-state index in [1.165, 1.54) is 10.5 Å². The van der Waals surface area contributed by atoms with Gasteiger partial charge < -0.3 is 10.6 Å². The Labute approximate surface area is 214 Å². The van der Waals surface area contributed by atoms with Crippen molar-refractivity contribution < 1.29 is 9.59 Å². The molecule has 0 spiro atoms. The van der Waals surface area contributed by atoms with E-state index >= 15 is 0 Å². The van der Waals surface area contributed by atoms with Gasteiger partial charge in [-0.1, -0.05) is 42.5 Å². The molecule has 0 radical (unpaired) electrons. The van der Waals surface area contributed by atoms with Crippen molar-refractivity contribution in [3.63, 3.8) is 0 Å². The van der Waals surface area contributed by atoms with Crippen LogP contribution in [-0.4, -0.2) is 67.3 Å². The van der Waals surface area contributed by atoms with Crippen molar-refractivity contribution in [3.8, 4) is 0 Å². The highest BCUT2D eigenvalue weighted by molar-refractivity contribution is 14.0. The number of nitrogens with zero attached hydrogens (tertiary/aromatic N) is 3. The highest BCUT2D eigenvalue weighted by Gasteiger charge is 2.58. The average molecular weight is 566 g/mol. The van der Waals surface area contributed by atoms with Crippen molar-refractivity contribution in [3.05, 3.63) is 48.0 Å². The van der Waals surface area contributed by atoms with Gasteiger partial charge in [-0.3, -0.25) is 24.4 Å². The standard InChI is InChI=1S/C25H35N5O2.HI/c1-17(29(3)16-18-8-5-4-6-9-18)15-28-25(26-2)27-12-7-13-30-23(31)21-19-10-11-20(14-19)22(21)24(30)32;/h4-6,8-11,17,19-22H,7,12-16H2,1-3H3,(H2,26,27,28);1H. The predicted octanol–water partition coefficient (Wildman–Crippen LogP) is 2.49. The average Bonchev–Trinajstić information content (AvgIpc) is 3.48. The number of likely N-dealkylation sites (tertiary alicyclic amines) is 1. The van der Waals surface area contributed by atoms with E-state index in [9.17, 15) is 9.59 Å². The highest BCUT2D eigenvalue weighted by Crippen LogP contribution is 2.52. The van der Waals surface area contributed by atoms with Gasteiger partial charge in [0.1, 0.15) is 0 Å². The number of nitrogens with one attached hydrogen (secondary N) is 2. The van der Waals surface area contributed by atoms with Gasteiger partial charge in [-0.05, 0) is 44.2 Å². The van der Waals surface area contributed by atoms with Crippen molar-refractivity contribution in [2.45, 2.75) is 32.4 Å². The van der Waals surface area contributed by atoms with Crippen LogP contribution in [0.2, 0.25) is 0 Å². The molecule has 2 fully saturated rings. The first-order valence-corrected chi connectivity index (χ1v) is 11.7. The van der Waals surface area contributed by atoms with Gasteiger partial charge in [-0.2, -0.15) is 0 Å². The number of rotatable bonds is 9. The van der Waals surface area contributed by atoms with Crippen LogP contribution in [0.4, 0.5) is 0 Å². The van der Waals surface area contributed by atoms with Crippen molar-refractivity contribution in [1.82, 2.24) is 20.4 Å². The number of benzene rings is 1. The molecule has 33 heavy (non-hydrogen) atoms. The van der Waals surface area contributed by atoms with E-state index in [2.05, 4.69) is 70.9 Å². The minimum Gasteiger partial charge on any atom is -0.356 e. The number of amides is 2. The molecule has 2 aliphatic carbocycles. The summed E-state index contributed by atoms with van der Waals surface area (Å²) in [5.74, 6) is 1.15. The van der Waals surface area contributed by atoms with E-state index in [1.54, 1.807) is 7.05 Å².